The first kappa shape index (κ1) is 23.0. The summed E-state index contributed by atoms with van der Waals surface area (Å²) in [4.78, 5) is 14.7. The number of rotatable bonds is 6. The van der Waals surface area contributed by atoms with Crippen LogP contribution in [0.25, 0.3) is 0 Å². The van der Waals surface area contributed by atoms with Gasteiger partial charge in [-0.2, -0.15) is 4.72 Å². The Bertz CT molecular complexity index is 1010. The molecule has 3 atom stereocenters. The molecule has 7 nitrogen and oxygen atoms in total. The van der Waals surface area contributed by atoms with Gasteiger partial charge in [-0.15, -0.1) is 0 Å². The Morgan fingerprint density at radius 2 is 1.88 bits per heavy atom. The number of furan rings is 1. The Balaban J connectivity index is 1.37. The Morgan fingerprint density at radius 1 is 1.19 bits per heavy atom. The molecule has 3 heterocycles. The molecule has 1 amide bonds. The maximum Gasteiger partial charge on any atom is 0.223 e. The third-order valence-corrected chi connectivity index (χ3v) is 8.78. The molecule has 4 rings (SSSR count). The molecular formula is C24H33N3O4S. The van der Waals surface area contributed by atoms with E-state index >= 15 is 0 Å². The van der Waals surface area contributed by atoms with Gasteiger partial charge in [-0.3, -0.25) is 9.69 Å². The second-order valence-electron chi connectivity index (χ2n) is 9.32. The average molecular weight is 460 g/mol. The second kappa shape index (κ2) is 9.37. The maximum atomic E-state index is 13.0. The fourth-order valence-corrected chi connectivity index (χ4v) is 7.01. The van der Waals surface area contributed by atoms with Crippen molar-refractivity contribution in [3.63, 3.8) is 0 Å². The van der Waals surface area contributed by atoms with E-state index in [1.807, 2.05) is 37.3 Å². The predicted octanol–water partition coefficient (Wildman–Crippen LogP) is 3.37. The predicted molar refractivity (Wildman–Crippen MR) is 123 cm³/mol. The summed E-state index contributed by atoms with van der Waals surface area (Å²) in [6.45, 7) is 8.03. The zero-order valence-corrected chi connectivity index (χ0v) is 19.8. The molecule has 2 N–H and O–H groups in total. The lowest BCUT2D eigenvalue weighted by Gasteiger charge is -2.36. The number of piperidine rings is 1. The van der Waals surface area contributed by atoms with Crippen molar-refractivity contribution >= 4 is 15.9 Å². The topological polar surface area (TPSA) is 91.7 Å². The number of amides is 1. The Hall–Kier alpha value is -2.16. The number of benzene rings is 1. The molecule has 0 saturated carbocycles. The lowest BCUT2D eigenvalue weighted by Crippen LogP contribution is -2.50. The Kier molecular flexibility index (Phi) is 6.74. The summed E-state index contributed by atoms with van der Waals surface area (Å²) in [6.07, 6.45) is 2.77. The van der Waals surface area contributed by atoms with E-state index in [0.29, 0.717) is 38.4 Å². The van der Waals surface area contributed by atoms with Crippen molar-refractivity contribution in [3.05, 3.63) is 59.5 Å². The van der Waals surface area contributed by atoms with Crippen LogP contribution in [-0.2, 0) is 21.4 Å². The van der Waals surface area contributed by atoms with Crippen molar-refractivity contribution in [1.82, 2.24) is 14.9 Å². The van der Waals surface area contributed by atoms with Gasteiger partial charge in [-0.1, -0.05) is 45.0 Å². The van der Waals surface area contributed by atoms with Gasteiger partial charge in [0.15, 0.2) is 0 Å². The smallest absolute Gasteiger partial charge is 0.223 e. The van der Waals surface area contributed by atoms with Crippen molar-refractivity contribution in [1.29, 1.82) is 0 Å². The summed E-state index contributed by atoms with van der Waals surface area (Å²) < 4.78 is 34.2. The fraction of sp³-hybridized carbons (Fsp3) is 0.542. The fourth-order valence-electron chi connectivity index (χ4n) is 4.93. The monoisotopic (exact) mass is 459 g/mol. The van der Waals surface area contributed by atoms with Crippen LogP contribution in [0.3, 0.4) is 0 Å². The van der Waals surface area contributed by atoms with Gasteiger partial charge in [0, 0.05) is 24.9 Å². The summed E-state index contributed by atoms with van der Waals surface area (Å²) in [5.74, 6) is 1.02. The normalized spacial score (nSPS) is 26.4. The van der Waals surface area contributed by atoms with E-state index < -0.39 is 15.3 Å². The lowest BCUT2D eigenvalue weighted by atomic mass is 9.91. The minimum Gasteiger partial charge on any atom is -0.467 e. The van der Waals surface area contributed by atoms with Crippen molar-refractivity contribution in [2.24, 2.45) is 11.8 Å². The van der Waals surface area contributed by atoms with Gasteiger partial charge in [-0.05, 0) is 42.0 Å². The number of sulfonamides is 1. The molecule has 1 aromatic carbocycles. The molecule has 0 spiro atoms. The van der Waals surface area contributed by atoms with E-state index in [0.717, 1.165) is 11.3 Å². The van der Waals surface area contributed by atoms with Crippen LogP contribution in [0.4, 0.5) is 0 Å². The molecule has 8 heteroatoms. The number of nitrogens with one attached hydrogen (secondary N) is 2. The molecule has 2 saturated heterocycles. The number of carbonyl (C=O) groups excluding carboxylic acids is 1. The van der Waals surface area contributed by atoms with Crippen LogP contribution >= 0.6 is 0 Å². The highest BCUT2D eigenvalue weighted by molar-refractivity contribution is 7.90. The molecule has 0 bridgehead atoms. The number of nitrogens with zero attached hydrogens (tertiary/aromatic N) is 1. The van der Waals surface area contributed by atoms with Gasteiger partial charge in [0.25, 0.3) is 0 Å². The SMILES string of the molecule is CC(C)c1ccc(C2C(C)C(N3CCC(C(=O)NCc4ccco4)CC3)NS2(=O)=O)cc1. The van der Waals surface area contributed by atoms with Crippen LogP contribution in [0.1, 0.15) is 61.7 Å². The quantitative estimate of drug-likeness (QED) is 0.691. The van der Waals surface area contributed by atoms with Gasteiger partial charge in [0.2, 0.25) is 15.9 Å². The largest absolute Gasteiger partial charge is 0.467 e. The van der Waals surface area contributed by atoms with Crippen molar-refractivity contribution in [2.75, 3.05) is 13.1 Å². The van der Waals surface area contributed by atoms with Crippen molar-refractivity contribution in [2.45, 2.75) is 57.5 Å². The first-order valence-electron chi connectivity index (χ1n) is 11.4. The van der Waals surface area contributed by atoms with Crippen LogP contribution in [0, 0.1) is 11.8 Å². The number of likely N-dealkylation sites (tertiary alicyclic amines) is 1. The first-order valence-corrected chi connectivity index (χ1v) is 13.0. The van der Waals surface area contributed by atoms with E-state index in [4.69, 9.17) is 4.42 Å². The minimum absolute atomic E-state index is 0.0317. The van der Waals surface area contributed by atoms with E-state index in [1.165, 1.54) is 5.56 Å². The molecule has 2 aliphatic heterocycles. The lowest BCUT2D eigenvalue weighted by molar-refractivity contribution is -0.127. The molecule has 2 aliphatic rings. The highest BCUT2D eigenvalue weighted by Crippen LogP contribution is 2.40. The summed E-state index contributed by atoms with van der Waals surface area (Å²) >= 11 is 0. The van der Waals surface area contributed by atoms with E-state index in [2.05, 4.69) is 28.8 Å². The highest BCUT2D eigenvalue weighted by Gasteiger charge is 2.48. The second-order valence-corrected chi connectivity index (χ2v) is 11.1. The standard InChI is InChI=1S/C24H33N3O4S/c1-16(2)18-6-8-19(9-7-18)22-17(3)23(26-32(22,29)30)27-12-10-20(11-13-27)24(28)25-15-21-5-4-14-31-21/h4-9,14,16-17,20,22-23,26H,10-13,15H2,1-3H3,(H,25,28). The first-order chi connectivity index (χ1) is 15.3. The van der Waals surface area contributed by atoms with Gasteiger partial charge < -0.3 is 9.73 Å². The highest BCUT2D eigenvalue weighted by atomic mass is 32.2. The third-order valence-electron chi connectivity index (χ3n) is 6.84. The molecule has 0 aliphatic carbocycles. The van der Waals surface area contributed by atoms with Crippen molar-refractivity contribution in [3.8, 4) is 0 Å². The molecule has 2 fully saturated rings. The molecule has 2 aromatic rings. The summed E-state index contributed by atoms with van der Waals surface area (Å²) in [5.41, 5.74) is 2.04. The van der Waals surface area contributed by atoms with Gasteiger partial charge >= 0.3 is 0 Å². The number of hydrogen-bond acceptors (Lipinski definition) is 5. The third kappa shape index (κ3) is 4.77. The molecule has 32 heavy (non-hydrogen) atoms. The number of hydrogen-bond donors (Lipinski definition) is 2. The van der Waals surface area contributed by atoms with Gasteiger partial charge in [0.1, 0.15) is 11.0 Å². The molecular weight excluding hydrogens is 426 g/mol. The van der Waals surface area contributed by atoms with Crippen molar-refractivity contribution < 1.29 is 17.6 Å². The summed E-state index contributed by atoms with van der Waals surface area (Å²) in [7, 11) is -3.47. The molecule has 3 unspecified atom stereocenters. The van der Waals surface area contributed by atoms with Gasteiger partial charge in [-0.25, -0.2) is 8.42 Å². The van der Waals surface area contributed by atoms with Crippen LogP contribution in [0.5, 0.6) is 0 Å². The van der Waals surface area contributed by atoms with Crippen LogP contribution < -0.4 is 10.0 Å². The van der Waals surface area contributed by atoms with E-state index in [-0.39, 0.29) is 23.9 Å². The van der Waals surface area contributed by atoms with Gasteiger partial charge in [0.05, 0.1) is 19.0 Å². The molecule has 1 aromatic heterocycles. The average Bonchev–Trinajstić information content (AvgIpc) is 3.37. The van der Waals surface area contributed by atoms with Crippen LogP contribution in [-0.4, -0.2) is 38.5 Å². The molecule has 174 valence electrons. The number of carbonyl (C=O) groups is 1. The summed E-state index contributed by atoms with van der Waals surface area (Å²) in [5, 5.41) is 2.37. The minimum atomic E-state index is -3.47. The summed E-state index contributed by atoms with van der Waals surface area (Å²) in [6, 6.07) is 11.6. The zero-order valence-electron chi connectivity index (χ0n) is 19.0. The van der Waals surface area contributed by atoms with Crippen LogP contribution in [0.15, 0.2) is 47.1 Å². The zero-order chi connectivity index (χ0) is 22.9. The molecule has 0 radical (unpaired) electrons. The van der Waals surface area contributed by atoms with E-state index in [9.17, 15) is 13.2 Å². The van der Waals surface area contributed by atoms with Crippen LogP contribution in [0.2, 0.25) is 0 Å². The maximum absolute atomic E-state index is 13.0. The Morgan fingerprint density at radius 3 is 2.47 bits per heavy atom. The van der Waals surface area contributed by atoms with E-state index in [1.54, 1.807) is 12.3 Å². The Labute approximate surface area is 190 Å².